The number of carbonyl (C=O) groups excluding carboxylic acids is 3. The van der Waals surface area contributed by atoms with Crippen molar-refractivity contribution >= 4 is 17.8 Å². The molecule has 2 fully saturated rings. The van der Waals surface area contributed by atoms with Crippen LogP contribution in [-0.2, 0) is 16.0 Å². The van der Waals surface area contributed by atoms with Crippen LogP contribution in [0.5, 0.6) is 0 Å². The standard InChI is InChI=1S/C22H32N4O3/c1-4-25(5-2)18(13-16-9-7-6-8-10-16)14-23-19(27)15-26-20(28)22(3,17-11-12-17)24-21(26)29/h6-10,17-18H,4-5,11-15H2,1-3H3,(H,23,27)(H,24,29)/t18-,22-/m0/s1. The number of benzene rings is 1. The molecule has 2 atom stereocenters. The molecule has 1 saturated carbocycles. The van der Waals surface area contributed by atoms with Gasteiger partial charge in [-0.25, -0.2) is 4.79 Å². The lowest BCUT2D eigenvalue weighted by Crippen LogP contribution is -2.49. The van der Waals surface area contributed by atoms with Crippen molar-refractivity contribution in [2.45, 2.75) is 51.6 Å². The number of hydrogen-bond donors (Lipinski definition) is 2. The van der Waals surface area contributed by atoms with Gasteiger partial charge in [0.1, 0.15) is 12.1 Å². The second kappa shape index (κ2) is 8.95. The minimum Gasteiger partial charge on any atom is -0.353 e. The van der Waals surface area contributed by atoms with E-state index in [0.29, 0.717) is 6.54 Å². The number of carbonyl (C=O) groups is 3. The average Bonchev–Trinajstić information content (AvgIpc) is 3.54. The molecule has 1 heterocycles. The molecule has 0 bridgehead atoms. The maximum Gasteiger partial charge on any atom is 0.325 e. The summed E-state index contributed by atoms with van der Waals surface area (Å²) in [5.74, 6) is -0.409. The van der Waals surface area contributed by atoms with Crippen LogP contribution in [0.4, 0.5) is 4.79 Å². The van der Waals surface area contributed by atoms with Crippen molar-refractivity contribution < 1.29 is 14.4 Å². The summed E-state index contributed by atoms with van der Waals surface area (Å²) in [4.78, 5) is 40.8. The Bertz CT molecular complexity index is 746. The lowest BCUT2D eigenvalue weighted by molar-refractivity contribution is -0.135. The molecule has 4 amide bonds. The molecule has 7 nitrogen and oxygen atoms in total. The van der Waals surface area contributed by atoms with Crippen molar-refractivity contribution in [3.8, 4) is 0 Å². The molecule has 1 aliphatic heterocycles. The first-order chi connectivity index (χ1) is 13.9. The molecule has 0 spiro atoms. The Morgan fingerprint density at radius 3 is 2.48 bits per heavy atom. The topological polar surface area (TPSA) is 81.8 Å². The Labute approximate surface area is 172 Å². The van der Waals surface area contributed by atoms with Gasteiger partial charge in [0.25, 0.3) is 5.91 Å². The summed E-state index contributed by atoms with van der Waals surface area (Å²) in [6.45, 7) is 7.99. The summed E-state index contributed by atoms with van der Waals surface area (Å²) >= 11 is 0. The minimum absolute atomic E-state index is 0.149. The maximum absolute atomic E-state index is 12.7. The Kier molecular flexibility index (Phi) is 6.57. The highest BCUT2D eigenvalue weighted by Crippen LogP contribution is 2.42. The molecule has 1 aromatic rings. The van der Waals surface area contributed by atoms with Gasteiger partial charge >= 0.3 is 6.03 Å². The third kappa shape index (κ3) is 4.78. The van der Waals surface area contributed by atoms with Crippen LogP contribution in [0.1, 0.15) is 39.2 Å². The van der Waals surface area contributed by atoms with Crippen LogP contribution < -0.4 is 10.6 Å². The molecule has 0 aromatic heterocycles. The Balaban J connectivity index is 1.58. The normalized spacial score (nSPS) is 22.7. The number of imide groups is 1. The van der Waals surface area contributed by atoms with Crippen molar-refractivity contribution in [1.29, 1.82) is 0 Å². The van der Waals surface area contributed by atoms with E-state index in [4.69, 9.17) is 0 Å². The monoisotopic (exact) mass is 400 g/mol. The van der Waals surface area contributed by atoms with Crippen LogP contribution in [0.2, 0.25) is 0 Å². The lowest BCUT2D eigenvalue weighted by atomic mass is 9.96. The van der Waals surface area contributed by atoms with Crippen LogP contribution in [0.3, 0.4) is 0 Å². The molecule has 1 aromatic carbocycles. The molecule has 2 aliphatic rings. The Morgan fingerprint density at radius 2 is 1.90 bits per heavy atom. The second-order valence-electron chi connectivity index (χ2n) is 8.17. The predicted octanol–water partition coefficient (Wildman–Crippen LogP) is 1.78. The predicted molar refractivity (Wildman–Crippen MR) is 111 cm³/mol. The highest BCUT2D eigenvalue weighted by Gasteiger charge is 2.56. The smallest absolute Gasteiger partial charge is 0.325 e. The average molecular weight is 401 g/mol. The summed E-state index contributed by atoms with van der Waals surface area (Å²) in [5, 5.41) is 5.72. The molecule has 2 N–H and O–H groups in total. The van der Waals surface area contributed by atoms with E-state index in [0.717, 1.165) is 37.3 Å². The number of nitrogens with one attached hydrogen (secondary N) is 2. The zero-order valence-corrected chi connectivity index (χ0v) is 17.6. The number of amides is 4. The molecule has 3 rings (SSSR count). The van der Waals surface area contributed by atoms with E-state index in [-0.39, 0.29) is 30.3 Å². The molecule has 1 aliphatic carbocycles. The van der Waals surface area contributed by atoms with Crippen LogP contribution in [-0.4, -0.2) is 65.4 Å². The summed E-state index contributed by atoms with van der Waals surface area (Å²) in [6, 6.07) is 9.88. The Hall–Kier alpha value is -2.41. The van der Waals surface area contributed by atoms with E-state index < -0.39 is 11.6 Å². The molecular weight excluding hydrogens is 368 g/mol. The van der Waals surface area contributed by atoms with E-state index in [1.54, 1.807) is 6.92 Å². The van der Waals surface area contributed by atoms with E-state index >= 15 is 0 Å². The summed E-state index contributed by atoms with van der Waals surface area (Å²) in [7, 11) is 0. The van der Waals surface area contributed by atoms with Crippen LogP contribution in [0.25, 0.3) is 0 Å². The van der Waals surface area contributed by atoms with Gasteiger partial charge in [0.15, 0.2) is 0 Å². The maximum atomic E-state index is 12.7. The molecule has 29 heavy (non-hydrogen) atoms. The number of likely N-dealkylation sites (N-methyl/N-ethyl adjacent to an activating group) is 1. The zero-order valence-electron chi connectivity index (χ0n) is 17.6. The number of urea groups is 1. The molecule has 1 saturated heterocycles. The molecule has 7 heteroatoms. The molecule has 0 unspecified atom stereocenters. The summed E-state index contributed by atoms with van der Waals surface area (Å²) < 4.78 is 0. The minimum atomic E-state index is -0.853. The van der Waals surface area contributed by atoms with Gasteiger partial charge < -0.3 is 10.6 Å². The molecule has 158 valence electrons. The third-order valence-electron chi connectivity index (χ3n) is 6.17. The number of rotatable bonds is 10. The van der Waals surface area contributed by atoms with Gasteiger partial charge in [0.2, 0.25) is 5.91 Å². The van der Waals surface area contributed by atoms with E-state index in [2.05, 4.69) is 41.5 Å². The number of nitrogens with zero attached hydrogens (tertiary/aromatic N) is 2. The van der Waals surface area contributed by atoms with Gasteiger partial charge in [-0.05, 0) is 50.8 Å². The lowest BCUT2D eigenvalue weighted by Gasteiger charge is -2.30. The van der Waals surface area contributed by atoms with E-state index in [1.165, 1.54) is 5.56 Å². The quantitative estimate of drug-likeness (QED) is 0.587. The van der Waals surface area contributed by atoms with Crippen LogP contribution in [0.15, 0.2) is 30.3 Å². The van der Waals surface area contributed by atoms with Crippen molar-refractivity contribution in [2.75, 3.05) is 26.2 Å². The largest absolute Gasteiger partial charge is 0.353 e. The van der Waals surface area contributed by atoms with Crippen molar-refractivity contribution in [3.05, 3.63) is 35.9 Å². The van der Waals surface area contributed by atoms with Gasteiger partial charge in [0, 0.05) is 12.6 Å². The van der Waals surface area contributed by atoms with Crippen molar-refractivity contribution in [2.24, 2.45) is 5.92 Å². The number of hydrogen-bond acceptors (Lipinski definition) is 4. The van der Waals surface area contributed by atoms with Crippen molar-refractivity contribution in [1.82, 2.24) is 20.4 Å². The van der Waals surface area contributed by atoms with Gasteiger partial charge in [-0.3, -0.25) is 19.4 Å². The molecule has 0 radical (unpaired) electrons. The fraction of sp³-hybridized carbons (Fsp3) is 0.591. The first kappa shape index (κ1) is 21.3. The summed E-state index contributed by atoms with van der Waals surface area (Å²) in [6.07, 6.45) is 2.70. The van der Waals surface area contributed by atoms with E-state index in [9.17, 15) is 14.4 Å². The van der Waals surface area contributed by atoms with Gasteiger partial charge in [-0.15, -0.1) is 0 Å². The fourth-order valence-corrected chi connectivity index (χ4v) is 4.18. The SMILES string of the molecule is CCN(CC)[C@H](CNC(=O)CN1C(=O)N[C@@](C)(C2CC2)C1=O)Cc1ccccc1. The highest BCUT2D eigenvalue weighted by molar-refractivity contribution is 6.09. The van der Waals surface area contributed by atoms with Gasteiger partial charge in [0.05, 0.1) is 0 Å². The summed E-state index contributed by atoms with van der Waals surface area (Å²) in [5.41, 5.74) is 0.363. The second-order valence-corrected chi connectivity index (χ2v) is 8.17. The third-order valence-corrected chi connectivity index (χ3v) is 6.17. The van der Waals surface area contributed by atoms with Crippen LogP contribution >= 0.6 is 0 Å². The van der Waals surface area contributed by atoms with Gasteiger partial charge in [-0.1, -0.05) is 44.2 Å². The molecular formula is C22H32N4O3. The zero-order chi connectivity index (χ0) is 21.0. The van der Waals surface area contributed by atoms with Crippen molar-refractivity contribution in [3.63, 3.8) is 0 Å². The highest BCUT2D eigenvalue weighted by atomic mass is 16.2. The first-order valence-electron chi connectivity index (χ1n) is 10.6. The van der Waals surface area contributed by atoms with Gasteiger partial charge in [-0.2, -0.15) is 0 Å². The van der Waals surface area contributed by atoms with E-state index in [1.807, 2.05) is 18.2 Å². The Morgan fingerprint density at radius 1 is 1.24 bits per heavy atom. The fourth-order valence-electron chi connectivity index (χ4n) is 4.18. The first-order valence-corrected chi connectivity index (χ1v) is 10.6. The van der Waals surface area contributed by atoms with Crippen LogP contribution in [0, 0.1) is 5.92 Å².